The molecule has 0 spiro atoms. The molecule has 4 rings (SSSR count). The van der Waals surface area contributed by atoms with E-state index in [2.05, 4.69) is 4.98 Å². The van der Waals surface area contributed by atoms with Crippen LogP contribution in [0, 0.1) is 11.6 Å². The van der Waals surface area contributed by atoms with Crippen molar-refractivity contribution in [3.63, 3.8) is 0 Å². The summed E-state index contributed by atoms with van der Waals surface area (Å²) in [6, 6.07) is 11.5. The zero-order chi connectivity index (χ0) is 26.4. The van der Waals surface area contributed by atoms with E-state index >= 15 is 0 Å². The first kappa shape index (κ1) is 25.3. The molecular formula is C26H25F2N3O4S. The Labute approximate surface area is 206 Å². The number of rotatable bonds is 5. The molecule has 0 unspecified atom stereocenters. The lowest BCUT2D eigenvalue weighted by atomic mass is 9.86. The van der Waals surface area contributed by atoms with E-state index in [4.69, 9.17) is 0 Å². The molecule has 0 bridgehead atoms. The Morgan fingerprint density at radius 3 is 2.44 bits per heavy atom. The van der Waals surface area contributed by atoms with E-state index in [-0.39, 0.29) is 34.3 Å². The zero-order valence-electron chi connectivity index (χ0n) is 20.1. The van der Waals surface area contributed by atoms with Crippen LogP contribution < -0.4 is 10.3 Å². The number of carbonyl (C=O) groups is 1. The van der Waals surface area contributed by atoms with Gasteiger partial charge in [0.2, 0.25) is 10.0 Å². The Morgan fingerprint density at radius 1 is 1.08 bits per heavy atom. The Balaban J connectivity index is 2.14. The SMILES string of the molecule is CC(C)(C)c1ccc2c(c1)c(-c1ccc[nH]c1=O)c(C(=O)NS(C)(=O)=O)n2Cc1cc(F)ccc1F. The smallest absolute Gasteiger partial charge is 0.282 e. The second-order valence-corrected chi connectivity index (χ2v) is 11.4. The van der Waals surface area contributed by atoms with Crippen LogP contribution in [0.15, 0.2) is 59.5 Å². The molecule has 0 radical (unpaired) electrons. The van der Waals surface area contributed by atoms with E-state index in [1.54, 1.807) is 12.1 Å². The molecule has 2 aromatic heterocycles. The number of carbonyl (C=O) groups excluding carboxylic acids is 1. The summed E-state index contributed by atoms with van der Waals surface area (Å²) in [6.07, 6.45) is 2.26. The van der Waals surface area contributed by atoms with Gasteiger partial charge in [-0.25, -0.2) is 21.9 Å². The number of aromatic amines is 1. The van der Waals surface area contributed by atoms with Crippen molar-refractivity contribution in [2.24, 2.45) is 0 Å². The largest absolute Gasteiger partial charge is 0.331 e. The van der Waals surface area contributed by atoms with Crippen molar-refractivity contribution < 1.29 is 22.0 Å². The number of aromatic nitrogens is 2. The van der Waals surface area contributed by atoms with Crippen molar-refractivity contribution in [3.05, 3.63) is 93.5 Å². The molecule has 10 heteroatoms. The standard InChI is InChI=1S/C26H25F2N3O4S/c1-26(2,3)16-7-10-21-19(13-16)22(18-6-5-11-29-24(18)32)23(25(33)30-36(4,34)35)31(21)14-15-12-17(27)8-9-20(15)28/h5-13H,14H2,1-4H3,(H,29,32)(H,30,33). The highest BCUT2D eigenvalue weighted by Crippen LogP contribution is 2.37. The van der Waals surface area contributed by atoms with Gasteiger partial charge in [0.25, 0.3) is 11.5 Å². The Hall–Kier alpha value is -3.79. The van der Waals surface area contributed by atoms with Gasteiger partial charge >= 0.3 is 0 Å². The van der Waals surface area contributed by atoms with Crippen LogP contribution in [-0.4, -0.2) is 30.1 Å². The van der Waals surface area contributed by atoms with Crippen LogP contribution in [0.3, 0.4) is 0 Å². The number of hydrogen-bond donors (Lipinski definition) is 2. The molecule has 188 valence electrons. The van der Waals surface area contributed by atoms with Crippen molar-refractivity contribution in [1.82, 2.24) is 14.3 Å². The minimum absolute atomic E-state index is 0.0475. The molecular weight excluding hydrogens is 488 g/mol. The molecule has 0 fully saturated rings. The number of H-pyrrole nitrogens is 1. The van der Waals surface area contributed by atoms with Gasteiger partial charge in [-0.05, 0) is 53.4 Å². The maximum Gasteiger partial charge on any atom is 0.282 e. The second kappa shape index (κ2) is 9.02. The van der Waals surface area contributed by atoms with Gasteiger partial charge in [0.05, 0.1) is 12.8 Å². The first-order valence-corrected chi connectivity index (χ1v) is 13.0. The molecule has 0 aliphatic heterocycles. The molecule has 2 N–H and O–H groups in total. The van der Waals surface area contributed by atoms with Crippen molar-refractivity contribution >= 4 is 26.8 Å². The third-order valence-electron chi connectivity index (χ3n) is 5.85. The van der Waals surface area contributed by atoms with Gasteiger partial charge < -0.3 is 9.55 Å². The van der Waals surface area contributed by atoms with Gasteiger partial charge in [0, 0.05) is 33.8 Å². The maximum absolute atomic E-state index is 14.6. The highest BCUT2D eigenvalue weighted by molar-refractivity contribution is 7.89. The Kier molecular flexibility index (Phi) is 6.34. The number of nitrogens with one attached hydrogen (secondary N) is 2. The minimum atomic E-state index is -3.99. The van der Waals surface area contributed by atoms with Crippen molar-refractivity contribution in [1.29, 1.82) is 0 Å². The van der Waals surface area contributed by atoms with Crippen LogP contribution in [0.25, 0.3) is 22.0 Å². The monoisotopic (exact) mass is 513 g/mol. The van der Waals surface area contributed by atoms with E-state index < -0.39 is 33.1 Å². The first-order valence-electron chi connectivity index (χ1n) is 11.1. The predicted molar refractivity (Wildman–Crippen MR) is 134 cm³/mol. The van der Waals surface area contributed by atoms with Gasteiger partial charge in [-0.2, -0.15) is 0 Å². The summed E-state index contributed by atoms with van der Waals surface area (Å²) in [6.45, 7) is 5.71. The fourth-order valence-electron chi connectivity index (χ4n) is 4.16. The highest BCUT2D eigenvalue weighted by Gasteiger charge is 2.28. The number of sulfonamides is 1. The Bertz CT molecular complexity index is 1660. The van der Waals surface area contributed by atoms with Crippen molar-refractivity contribution in [2.75, 3.05) is 6.26 Å². The predicted octanol–water partition coefficient (Wildman–Crippen LogP) is 4.31. The zero-order valence-corrected chi connectivity index (χ0v) is 21.0. The van der Waals surface area contributed by atoms with Crippen LogP contribution in [0.1, 0.15) is 42.4 Å². The fourth-order valence-corrected chi connectivity index (χ4v) is 4.60. The van der Waals surface area contributed by atoms with Crippen LogP contribution >= 0.6 is 0 Å². The lowest BCUT2D eigenvalue weighted by Gasteiger charge is -2.19. The molecule has 2 aromatic carbocycles. The van der Waals surface area contributed by atoms with Gasteiger partial charge in [-0.3, -0.25) is 9.59 Å². The van der Waals surface area contributed by atoms with Crippen molar-refractivity contribution in [2.45, 2.75) is 32.7 Å². The summed E-state index contributed by atoms with van der Waals surface area (Å²) in [5.74, 6) is -2.36. The lowest BCUT2D eigenvalue weighted by Crippen LogP contribution is -2.32. The fraction of sp³-hybridized carbons (Fsp3) is 0.231. The number of fused-ring (bicyclic) bond motifs is 1. The molecule has 4 aromatic rings. The van der Waals surface area contributed by atoms with Gasteiger partial charge in [0.15, 0.2) is 0 Å². The highest BCUT2D eigenvalue weighted by atomic mass is 32.2. The second-order valence-electron chi connectivity index (χ2n) is 9.64. The minimum Gasteiger partial charge on any atom is -0.331 e. The van der Waals surface area contributed by atoms with E-state index in [1.807, 2.05) is 37.6 Å². The number of amides is 1. The van der Waals surface area contributed by atoms with Gasteiger partial charge in [-0.1, -0.05) is 26.8 Å². The van der Waals surface area contributed by atoms with E-state index in [9.17, 15) is 26.8 Å². The van der Waals surface area contributed by atoms with Crippen LogP contribution in [-0.2, 0) is 22.0 Å². The average Bonchev–Trinajstić information content (AvgIpc) is 3.08. The summed E-state index contributed by atoms with van der Waals surface area (Å²) in [4.78, 5) is 28.8. The molecule has 0 atom stereocenters. The molecule has 1 amide bonds. The molecule has 36 heavy (non-hydrogen) atoms. The normalized spacial score (nSPS) is 12.2. The summed E-state index contributed by atoms with van der Waals surface area (Å²) in [7, 11) is -3.99. The summed E-state index contributed by atoms with van der Waals surface area (Å²) in [5.41, 5.74) is 0.664. The maximum atomic E-state index is 14.6. The first-order chi connectivity index (χ1) is 16.8. The van der Waals surface area contributed by atoms with Crippen LogP contribution in [0.5, 0.6) is 0 Å². The number of nitrogens with zero attached hydrogens (tertiary/aromatic N) is 1. The van der Waals surface area contributed by atoms with Crippen LogP contribution in [0.2, 0.25) is 0 Å². The summed E-state index contributed by atoms with van der Waals surface area (Å²) < 4.78 is 55.9. The van der Waals surface area contributed by atoms with E-state index in [1.165, 1.54) is 16.8 Å². The third-order valence-corrected chi connectivity index (χ3v) is 6.40. The quantitative estimate of drug-likeness (QED) is 0.415. The molecule has 7 nitrogen and oxygen atoms in total. The summed E-state index contributed by atoms with van der Waals surface area (Å²) >= 11 is 0. The lowest BCUT2D eigenvalue weighted by molar-refractivity contribution is 0.0974. The molecule has 2 heterocycles. The number of pyridine rings is 1. The van der Waals surface area contributed by atoms with Gasteiger partial charge in [-0.15, -0.1) is 0 Å². The van der Waals surface area contributed by atoms with Crippen LogP contribution in [0.4, 0.5) is 8.78 Å². The van der Waals surface area contributed by atoms with E-state index in [0.717, 1.165) is 30.0 Å². The topological polar surface area (TPSA) is 101 Å². The summed E-state index contributed by atoms with van der Waals surface area (Å²) in [5, 5.41) is 0.495. The Morgan fingerprint density at radius 2 is 1.81 bits per heavy atom. The van der Waals surface area contributed by atoms with E-state index in [0.29, 0.717) is 10.9 Å². The molecule has 0 aliphatic rings. The average molecular weight is 514 g/mol. The van der Waals surface area contributed by atoms with Crippen molar-refractivity contribution in [3.8, 4) is 11.1 Å². The third kappa shape index (κ3) is 4.94. The van der Waals surface area contributed by atoms with Gasteiger partial charge in [0.1, 0.15) is 17.3 Å². The molecule has 0 saturated heterocycles. The number of hydrogen-bond acceptors (Lipinski definition) is 4. The number of benzene rings is 2. The molecule has 0 aliphatic carbocycles. The number of halogens is 2. The molecule has 0 saturated carbocycles.